The molecule has 2 aliphatic carbocycles. The highest BCUT2D eigenvalue weighted by molar-refractivity contribution is 5.90. The summed E-state index contributed by atoms with van der Waals surface area (Å²) in [6.45, 7) is 0. The first-order valence-corrected chi connectivity index (χ1v) is 9.76. The number of urea groups is 1. The molecule has 0 aromatic heterocycles. The van der Waals surface area contributed by atoms with Gasteiger partial charge in [0.1, 0.15) is 0 Å². The molecule has 2 amide bonds. The van der Waals surface area contributed by atoms with Crippen LogP contribution in [0.3, 0.4) is 0 Å². The van der Waals surface area contributed by atoms with Gasteiger partial charge in [-0.15, -0.1) is 0 Å². The van der Waals surface area contributed by atoms with Crippen LogP contribution >= 0.6 is 0 Å². The Labute approximate surface area is 168 Å². The zero-order valence-corrected chi connectivity index (χ0v) is 15.7. The average Bonchev–Trinajstić information content (AvgIpc) is 2.59. The topological polar surface area (TPSA) is 56.1 Å². The second kappa shape index (κ2) is 7.06. The average molecular weight is 431 g/mol. The number of piperidine rings is 1. The van der Waals surface area contributed by atoms with Gasteiger partial charge in [0.15, 0.2) is 0 Å². The largest absolute Gasteiger partial charge is 0.416 e. The Balaban J connectivity index is 1.50. The summed E-state index contributed by atoms with van der Waals surface area (Å²) >= 11 is 0. The highest BCUT2D eigenvalue weighted by Gasteiger charge is 2.54. The van der Waals surface area contributed by atoms with E-state index in [1.165, 1.54) is 11.0 Å². The second-order valence-electron chi connectivity index (χ2n) is 8.31. The monoisotopic (exact) mass is 431 g/mol. The number of carbonyl (C=O) groups is 1. The van der Waals surface area contributed by atoms with Crippen molar-refractivity contribution in [2.24, 2.45) is 11.8 Å². The highest BCUT2D eigenvalue weighted by atomic mass is 19.4. The number of rotatable bonds is 2. The third-order valence-electron chi connectivity index (χ3n) is 6.59. The molecule has 3 fully saturated rings. The van der Waals surface area contributed by atoms with Crippen LogP contribution in [0.25, 0.3) is 0 Å². The molecule has 162 valence electrons. The minimum atomic E-state index is -4.59. The lowest BCUT2D eigenvalue weighted by Gasteiger charge is -2.55. The predicted octanol–water partition coefficient (Wildman–Crippen LogP) is 5.67. The van der Waals surface area contributed by atoms with Gasteiger partial charge in [0, 0.05) is 23.7 Å². The van der Waals surface area contributed by atoms with E-state index >= 15 is 0 Å². The van der Waals surface area contributed by atoms with Crippen molar-refractivity contribution in [3.05, 3.63) is 29.3 Å². The molecule has 1 aromatic rings. The molecular formula is C20H19F6N3O. The standard InChI is InChI=1S/C20H19F6N3O/c21-19(22,23)11-5-13-8-14(6-11)29(13)18(30)28-12-2-4-17(20(24,25)26)16(7-12)15-3-1-10(15)9-27/h2,4,7,10-11,13-15H,1,3,5-6,8H2,(H,28,30)/t10-,11?,13?,14?,15-/m0/s1. The summed E-state index contributed by atoms with van der Waals surface area (Å²) in [7, 11) is 0. The number of nitrogens with zero attached hydrogens (tertiary/aromatic N) is 2. The number of anilines is 1. The second-order valence-corrected chi connectivity index (χ2v) is 8.31. The fraction of sp³-hybridized carbons (Fsp3) is 0.600. The van der Waals surface area contributed by atoms with E-state index in [4.69, 9.17) is 5.26 Å². The normalized spacial score (nSPS) is 30.7. The lowest BCUT2D eigenvalue weighted by Crippen LogP contribution is -2.65. The third kappa shape index (κ3) is 3.59. The van der Waals surface area contributed by atoms with Gasteiger partial charge in [-0.25, -0.2) is 4.79 Å². The van der Waals surface area contributed by atoms with E-state index < -0.39 is 53.8 Å². The maximum atomic E-state index is 13.4. The Bertz CT molecular complexity index is 878. The Kier molecular flexibility index (Phi) is 4.90. The predicted molar refractivity (Wildman–Crippen MR) is 94.4 cm³/mol. The zero-order chi connectivity index (χ0) is 21.8. The van der Waals surface area contributed by atoms with Crippen LogP contribution < -0.4 is 5.32 Å². The van der Waals surface area contributed by atoms with Gasteiger partial charge in [-0.2, -0.15) is 31.6 Å². The Morgan fingerprint density at radius 2 is 1.73 bits per heavy atom. The first kappa shape index (κ1) is 20.8. The van der Waals surface area contributed by atoms with Crippen LogP contribution in [-0.2, 0) is 6.18 Å². The highest BCUT2D eigenvalue weighted by Crippen LogP contribution is 2.49. The van der Waals surface area contributed by atoms with Gasteiger partial charge in [-0.1, -0.05) is 0 Å². The lowest BCUT2D eigenvalue weighted by molar-refractivity contribution is -0.205. The number of hydrogen-bond acceptors (Lipinski definition) is 2. The van der Waals surface area contributed by atoms with Crippen LogP contribution in [0.15, 0.2) is 18.2 Å². The van der Waals surface area contributed by atoms with E-state index in [2.05, 4.69) is 5.32 Å². The first-order valence-electron chi connectivity index (χ1n) is 9.76. The van der Waals surface area contributed by atoms with E-state index in [9.17, 15) is 31.1 Å². The van der Waals surface area contributed by atoms with Crippen molar-refractivity contribution >= 4 is 11.7 Å². The van der Waals surface area contributed by atoms with Crippen LogP contribution in [0.5, 0.6) is 0 Å². The summed E-state index contributed by atoms with van der Waals surface area (Å²) in [5.41, 5.74) is -0.720. The molecule has 1 aromatic carbocycles. The molecule has 10 heteroatoms. The van der Waals surface area contributed by atoms with Gasteiger partial charge >= 0.3 is 18.4 Å². The molecular weight excluding hydrogens is 412 g/mol. The molecule has 30 heavy (non-hydrogen) atoms. The van der Waals surface area contributed by atoms with Gasteiger partial charge in [0.05, 0.1) is 23.5 Å². The number of amides is 2. The summed E-state index contributed by atoms with van der Waals surface area (Å²) in [6.07, 6.45) is -7.71. The van der Waals surface area contributed by atoms with Crippen LogP contribution in [0.4, 0.5) is 36.8 Å². The van der Waals surface area contributed by atoms with Gasteiger partial charge in [0.25, 0.3) is 0 Å². The quantitative estimate of drug-likeness (QED) is 0.614. The van der Waals surface area contributed by atoms with Crippen LogP contribution in [0.2, 0.25) is 0 Å². The van der Waals surface area contributed by atoms with Gasteiger partial charge < -0.3 is 10.2 Å². The molecule has 0 spiro atoms. The molecule has 1 aliphatic heterocycles. The molecule has 1 saturated heterocycles. The van der Waals surface area contributed by atoms with Crippen molar-refractivity contribution < 1.29 is 31.1 Å². The van der Waals surface area contributed by atoms with Gasteiger partial charge in [-0.3, -0.25) is 0 Å². The smallest absolute Gasteiger partial charge is 0.318 e. The fourth-order valence-electron chi connectivity index (χ4n) is 4.89. The third-order valence-corrected chi connectivity index (χ3v) is 6.59. The number of likely N-dealkylation sites (tertiary alicyclic amines) is 1. The number of carbonyl (C=O) groups excluding carboxylic acids is 1. The summed E-state index contributed by atoms with van der Waals surface area (Å²) in [4.78, 5) is 14.0. The SMILES string of the molecule is N#C[C@@H]1CC[C@@H]1c1cc(NC(=O)N2C3CC2CC(C(F)(F)F)C3)ccc1C(F)(F)F. The lowest BCUT2D eigenvalue weighted by atomic mass is 9.69. The van der Waals surface area contributed by atoms with Crippen LogP contribution in [-0.4, -0.2) is 29.2 Å². The molecule has 2 unspecified atom stereocenters. The minimum absolute atomic E-state index is 0.0287. The first-order chi connectivity index (χ1) is 14.0. The molecule has 3 aliphatic rings. The van der Waals surface area contributed by atoms with Crippen LogP contribution in [0.1, 0.15) is 49.1 Å². The number of nitriles is 1. The Morgan fingerprint density at radius 3 is 2.23 bits per heavy atom. The zero-order valence-electron chi connectivity index (χ0n) is 15.7. The molecule has 4 nitrogen and oxygen atoms in total. The summed E-state index contributed by atoms with van der Waals surface area (Å²) < 4.78 is 79.0. The minimum Gasteiger partial charge on any atom is -0.318 e. The van der Waals surface area contributed by atoms with Gasteiger partial charge in [0.2, 0.25) is 0 Å². The number of fused-ring (bicyclic) bond motifs is 2. The van der Waals surface area contributed by atoms with E-state index in [0.29, 0.717) is 19.3 Å². The molecule has 1 N–H and O–H groups in total. The number of halogens is 6. The van der Waals surface area contributed by atoms with E-state index in [1.54, 1.807) is 0 Å². The molecule has 0 radical (unpaired) electrons. The Morgan fingerprint density at radius 1 is 1.07 bits per heavy atom. The van der Waals surface area contributed by atoms with Crippen molar-refractivity contribution in [1.82, 2.24) is 4.90 Å². The number of nitrogens with one attached hydrogen (secondary N) is 1. The number of hydrogen-bond donors (Lipinski definition) is 1. The van der Waals surface area contributed by atoms with E-state index in [0.717, 1.165) is 12.1 Å². The Hall–Kier alpha value is -2.44. The molecule has 2 bridgehead atoms. The summed E-state index contributed by atoms with van der Waals surface area (Å²) in [5.74, 6) is -2.49. The van der Waals surface area contributed by atoms with Crippen molar-refractivity contribution in [3.8, 4) is 6.07 Å². The van der Waals surface area contributed by atoms with E-state index in [-0.39, 0.29) is 24.1 Å². The van der Waals surface area contributed by atoms with Crippen LogP contribution in [0, 0.1) is 23.2 Å². The maximum Gasteiger partial charge on any atom is 0.416 e. The number of alkyl halides is 6. The van der Waals surface area contributed by atoms with Crippen molar-refractivity contribution in [2.45, 2.75) is 62.5 Å². The molecule has 1 heterocycles. The van der Waals surface area contributed by atoms with Crippen molar-refractivity contribution in [3.63, 3.8) is 0 Å². The fourth-order valence-corrected chi connectivity index (χ4v) is 4.89. The number of benzene rings is 1. The molecule has 4 atom stereocenters. The van der Waals surface area contributed by atoms with Crippen molar-refractivity contribution in [2.75, 3.05) is 5.32 Å². The summed E-state index contributed by atoms with van der Waals surface area (Å²) in [6, 6.07) is 3.64. The molecule has 2 saturated carbocycles. The molecule has 4 rings (SSSR count). The van der Waals surface area contributed by atoms with E-state index in [1.807, 2.05) is 6.07 Å². The van der Waals surface area contributed by atoms with Gasteiger partial charge in [-0.05, 0) is 55.9 Å². The maximum absolute atomic E-state index is 13.4. The van der Waals surface area contributed by atoms with Crippen molar-refractivity contribution in [1.29, 1.82) is 5.26 Å². The summed E-state index contributed by atoms with van der Waals surface area (Å²) in [5, 5.41) is 11.7.